The van der Waals surface area contributed by atoms with E-state index in [0.29, 0.717) is 35.2 Å². The number of carbonyl (C=O) groups excluding carboxylic acids is 2. The average molecular weight is 418 g/mol. The van der Waals surface area contributed by atoms with Gasteiger partial charge in [0.05, 0.1) is 12.2 Å². The Balaban J connectivity index is 1.79. The third kappa shape index (κ3) is 4.00. The number of dihydropyridines is 1. The van der Waals surface area contributed by atoms with Gasteiger partial charge in [-0.1, -0.05) is 42.0 Å². The number of allylic oxidation sites excluding steroid dienone is 3. The molecule has 1 aliphatic carbocycles. The van der Waals surface area contributed by atoms with Crippen LogP contribution in [-0.4, -0.2) is 23.5 Å². The van der Waals surface area contributed by atoms with Gasteiger partial charge >= 0.3 is 5.97 Å². The first-order valence-corrected chi connectivity index (χ1v) is 10.7. The van der Waals surface area contributed by atoms with Crippen LogP contribution >= 0.6 is 0 Å². The fraction of sp³-hybridized carbons (Fsp3) is 0.308. The maximum atomic E-state index is 13.4. The van der Waals surface area contributed by atoms with Crippen LogP contribution in [0.15, 0.2) is 71.1 Å². The van der Waals surface area contributed by atoms with Crippen LogP contribution in [-0.2, 0) is 14.3 Å². The Morgan fingerprint density at radius 3 is 2.52 bits per heavy atom. The molecule has 2 aromatic carbocycles. The number of ketones is 1. The highest BCUT2D eigenvalue weighted by Crippen LogP contribution is 2.46. The zero-order chi connectivity index (χ0) is 22.1. The van der Waals surface area contributed by atoms with Crippen LogP contribution in [0.1, 0.15) is 55.2 Å². The fourth-order valence-corrected chi connectivity index (χ4v) is 4.63. The quantitative estimate of drug-likeness (QED) is 0.710. The maximum Gasteiger partial charge on any atom is 0.336 e. The van der Waals surface area contributed by atoms with Gasteiger partial charge < -0.3 is 15.2 Å². The smallest absolute Gasteiger partial charge is 0.336 e. The minimum Gasteiger partial charge on any atom is -0.508 e. The number of nitrogens with one attached hydrogen (secondary N) is 1. The molecule has 0 fully saturated rings. The second-order valence-corrected chi connectivity index (χ2v) is 8.24. The van der Waals surface area contributed by atoms with Gasteiger partial charge in [-0.25, -0.2) is 4.79 Å². The molecule has 2 unspecified atom stereocenters. The van der Waals surface area contributed by atoms with E-state index in [1.807, 2.05) is 19.9 Å². The Bertz CT molecular complexity index is 1090. The van der Waals surface area contributed by atoms with Gasteiger partial charge in [0, 0.05) is 29.3 Å². The van der Waals surface area contributed by atoms with Crippen LogP contribution < -0.4 is 5.32 Å². The van der Waals surface area contributed by atoms with Crippen molar-refractivity contribution in [1.29, 1.82) is 0 Å². The molecule has 0 bridgehead atoms. The van der Waals surface area contributed by atoms with Crippen molar-refractivity contribution in [3.8, 4) is 5.75 Å². The number of carbonyl (C=O) groups is 2. The SMILES string of the molecule is CCOC(=O)C1=C(C)NC2=C(C(=O)CC(c3ccc(C)cc3)C2)C1c1cccc(O)c1. The molecule has 0 saturated carbocycles. The van der Waals surface area contributed by atoms with Crippen molar-refractivity contribution in [2.24, 2.45) is 0 Å². The van der Waals surface area contributed by atoms with Gasteiger partial charge in [-0.3, -0.25) is 4.79 Å². The molecule has 0 amide bonds. The van der Waals surface area contributed by atoms with Crippen LogP contribution in [0.2, 0.25) is 0 Å². The normalized spacial score (nSPS) is 20.9. The predicted molar refractivity (Wildman–Crippen MR) is 119 cm³/mol. The molecule has 31 heavy (non-hydrogen) atoms. The molecule has 2 N–H and O–H groups in total. The van der Waals surface area contributed by atoms with Crippen molar-refractivity contribution in [2.75, 3.05) is 6.61 Å². The minimum absolute atomic E-state index is 0.0157. The molecule has 0 saturated heterocycles. The summed E-state index contributed by atoms with van der Waals surface area (Å²) < 4.78 is 5.32. The zero-order valence-electron chi connectivity index (χ0n) is 18.1. The van der Waals surface area contributed by atoms with E-state index in [0.717, 1.165) is 11.3 Å². The van der Waals surface area contributed by atoms with Crippen molar-refractivity contribution >= 4 is 11.8 Å². The van der Waals surface area contributed by atoms with Gasteiger partial charge in [0.1, 0.15) is 5.75 Å². The molecule has 0 radical (unpaired) electrons. The molecular formula is C26H27NO4. The Labute approximate surface area is 182 Å². The molecule has 1 aliphatic heterocycles. The van der Waals surface area contributed by atoms with Crippen molar-refractivity contribution in [3.05, 3.63) is 87.8 Å². The van der Waals surface area contributed by atoms with Crippen LogP contribution in [0.3, 0.4) is 0 Å². The summed E-state index contributed by atoms with van der Waals surface area (Å²) in [5.74, 6) is -0.808. The third-order valence-electron chi connectivity index (χ3n) is 6.08. The molecule has 0 aromatic heterocycles. The second-order valence-electron chi connectivity index (χ2n) is 8.24. The molecule has 5 nitrogen and oxygen atoms in total. The fourth-order valence-electron chi connectivity index (χ4n) is 4.63. The summed E-state index contributed by atoms with van der Waals surface area (Å²) in [5, 5.41) is 13.4. The average Bonchev–Trinajstić information content (AvgIpc) is 2.73. The first-order valence-electron chi connectivity index (χ1n) is 10.7. The molecular weight excluding hydrogens is 390 g/mol. The number of phenolic OH excluding ortho intramolecular Hbond substituents is 1. The van der Waals surface area contributed by atoms with Gasteiger partial charge in [-0.2, -0.15) is 0 Å². The summed E-state index contributed by atoms with van der Waals surface area (Å²) in [5.41, 5.74) is 5.58. The van der Waals surface area contributed by atoms with E-state index in [1.54, 1.807) is 25.1 Å². The monoisotopic (exact) mass is 417 g/mol. The maximum absolute atomic E-state index is 13.4. The van der Waals surface area contributed by atoms with Gasteiger partial charge in [0.25, 0.3) is 0 Å². The van der Waals surface area contributed by atoms with Crippen molar-refractivity contribution in [2.45, 2.75) is 45.4 Å². The number of aryl methyl sites for hydroxylation is 1. The molecule has 160 valence electrons. The van der Waals surface area contributed by atoms with Gasteiger partial charge in [0.15, 0.2) is 5.78 Å². The summed E-state index contributed by atoms with van der Waals surface area (Å²) in [6.07, 6.45) is 1.07. The van der Waals surface area contributed by atoms with E-state index in [1.165, 1.54) is 5.56 Å². The van der Waals surface area contributed by atoms with Crippen molar-refractivity contribution in [1.82, 2.24) is 5.32 Å². The lowest BCUT2D eigenvalue weighted by molar-refractivity contribution is -0.138. The minimum atomic E-state index is -0.561. The standard InChI is InChI=1S/C26H27NO4/c1-4-31-26(30)23-16(3)27-21-13-19(17-10-8-15(2)9-11-17)14-22(29)25(21)24(23)18-6-5-7-20(28)12-18/h5-12,19,24,27-28H,4,13-14H2,1-3H3. The first kappa shape index (κ1) is 20.9. The van der Waals surface area contributed by atoms with Crippen molar-refractivity contribution < 1.29 is 19.4 Å². The number of aromatic hydroxyl groups is 1. The van der Waals surface area contributed by atoms with Gasteiger partial charge in [0.2, 0.25) is 0 Å². The number of Topliss-reactive ketones (excluding diaryl/α,β-unsaturated/α-hetero) is 1. The molecule has 2 aromatic rings. The highest BCUT2D eigenvalue weighted by Gasteiger charge is 2.41. The Hall–Kier alpha value is -3.34. The van der Waals surface area contributed by atoms with E-state index in [2.05, 4.69) is 29.6 Å². The van der Waals surface area contributed by atoms with Crippen molar-refractivity contribution in [3.63, 3.8) is 0 Å². The molecule has 2 aliphatic rings. The number of hydrogen-bond acceptors (Lipinski definition) is 5. The highest BCUT2D eigenvalue weighted by molar-refractivity contribution is 6.04. The van der Waals surface area contributed by atoms with E-state index < -0.39 is 11.9 Å². The predicted octanol–water partition coefficient (Wildman–Crippen LogP) is 4.63. The molecule has 4 rings (SSSR count). The molecule has 5 heteroatoms. The lowest BCUT2D eigenvalue weighted by Crippen LogP contribution is -2.36. The van der Waals surface area contributed by atoms with Gasteiger partial charge in [-0.15, -0.1) is 0 Å². The Morgan fingerprint density at radius 2 is 1.84 bits per heavy atom. The summed E-state index contributed by atoms with van der Waals surface area (Å²) in [6.45, 7) is 5.89. The molecule has 1 heterocycles. The topological polar surface area (TPSA) is 75.6 Å². The Kier molecular flexibility index (Phi) is 5.68. The van der Waals surface area contributed by atoms with Crippen LogP contribution in [0.25, 0.3) is 0 Å². The third-order valence-corrected chi connectivity index (χ3v) is 6.08. The van der Waals surface area contributed by atoms with E-state index in [-0.39, 0.29) is 24.1 Å². The largest absolute Gasteiger partial charge is 0.508 e. The lowest BCUT2D eigenvalue weighted by Gasteiger charge is -2.36. The Morgan fingerprint density at radius 1 is 1.10 bits per heavy atom. The van der Waals surface area contributed by atoms with Crippen LogP contribution in [0.4, 0.5) is 0 Å². The highest BCUT2D eigenvalue weighted by atomic mass is 16.5. The van der Waals surface area contributed by atoms with E-state index >= 15 is 0 Å². The number of hydrogen-bond donors (Lipinski definition) is 2. The first-order chi connectivity index (χ1) is 14.9. The summed E-state index contributed by atoms with van der Waals surface area (Å²) in [6, 6.07) is 15.1. The van der Waals surface area contributed by atoms with Gasteiger partial charge in [-0.05, 0) is 56.4 Å². The summed E-state index contributed by atoms with van der Waals surface area (Å²) >= 11 is 0. The molecule has 0 spiro atoms. The zero-order valence-corrected chi connectivity index (χ0v) is 18.1. The number of ether oxygens (including phenoxy) is 1. The number of rotatable bonds is 4. The number of phenols is 1. The van der Waals surface area contributed by atoms with Crippen LogP contribution in [0.5, 0.6) is 5.75 Å². The van der Waals surface area contributed by atoms with Crippen LogP contribution in [0, 0.1) is 6.92 Å². The second kappa shape index (κ2) is 8.42. The number of benzene rings is 2. The lowest BCUT2D eigenvalue weighted by atomic mass is 9.71. The molecule has 2 atom stereocenters. The summed E-state index contributed by atoms with van der Waals surface area (Å²) in [4.78, 5) is 26.3. The van der Waals surface area contributed by atoms with E-state index in [4.69, 9.17) is 4.74 Å². The number of esters is 1. The van der Waals surface area contributed by atoms with E-state index in [9.17, 15) is 14.7 Å². The summed E-state index contributed by atoms with van der Waals surface area (Å²) in [7, 11) is 0.